The molecule has 0 bridgehead atoms. The first-order valence-corrected chi connectivity index (χ1v) is 9.06. The van der Waals surface area contributed by atoms with Gasteiger partial charge >= 0.3 is 5.97 Å². The number of nitro benzene ring substituents is 1. The number of esters is 1. The van der Waals surface area contributed by atoms with E-state index in [9.17, 15) is 24.5 Å². The van der Waals surface area contributed by atoms with Crippen LogP contribution >= 0.6 is 0 Å². The number of benzene rings is 2. The van der Waals surface area contributed by atoms with E-state index < -0.39 is 29.3 Å². The molecule has 0 unspecified atom stereocenters. The van der Waals surface area contributed by atoms with Crippen LogP contribution in [0.3, 0.4) is 0 Å². The molecular weight excluding hydrogens is 378 g/mol. The molecule has 0 spiro atoms. The fourth-order valence-corrected chi connectivity index (χ4v) is 3.07. The van der Waals surface area contributed by atoms with Gasteiger partial charge in [-0.15, -0.1) is 0 Å². The van der Waals surface area contributed by atoms with E-state index in [1.54, 1.807) is 12.1 Å². The van der Waals surface area contributed by atoms with Gasteiger partial charge in [-0.2, -0.15) is 0 Å². The number of amides is 2. The zero-order chi connectivity index (χ0) is 20.8. The lowest BCUT2D eigenvalue weighted by molar-refractivity contribution is -0.384. The van der Waals surface area contributed by atoms with Gasteiger partial charge in [0.15, 0.2) is 6.61 Å². The van der Waals surface area contributed by atoms with Crippen LogP contribution in [0.25, 0.3) is 0 Å². The van der Waals surface area contributed by atoms with E-state index in [0.29, 0.717) is 5.56 Å². The number of hydrogen-bond acceptors (Lipinski definition) is 6. The Kier molecular flexibility index (Phi) is 6.18. The van der Waals surface area contributed by atoms with Crippen LogP contribution in [-0.2, 0) is 22.4 Å². The smallest absolute Gasteiger partial charge is 0.338 e. The van der Waals surface area contributed by atoms with Gasteiger partial charge in [-0.05, 0) is 55.0 Å². The highest BCUT2D eigenvalue weighted by molar-refractivity contribution is 5.96. The van der Waals surface area contributed by atoms with Gasteiger partial charge in [0.1, 0.15) is 0 Å². The molecule has 0 fully saturated rings. The molecule has 29 heavy (non-hydrogen) atoms. The highest BCUT2D eigenvalue weighted by atomic mass is 16.6. The first-order chi connectivity index (χ1) is 13.9. The number of ether oxygens (including phenoxy) is 1. The summed E-state index contributed by atoms with van der Waals surface area (Å²) in [6.45, 7) is -0.578. The maximum atomic E-state index is 12.1. The summed E-state index contributed by atoms with van der Waals surface area (Å²) in [4.78, 5) is 46.0. The highest BCUT2D eigenvalue weighted by Gasteiger charge is 2.16. The van der Waals surface area contributed by atoms with Crippen molar-refractivity contribution >= 4 is 23.5 Å². The largest absolute Gasteiger partial charge is 0.452 e. The fourth-order valence-electron chi connectivity index (χ4n) is 3.07. The van der Waals surface area contributed by atoms with Crippen molar-refractivity contribution in [3.63, 3.8) is 0 Å². The summed E-state index contributed by atoms with van der Waals surface area (Å²) in [5.41, 5.74) is 6.71. The lowest BCUT2D eigenvalue weighted by Gasteiger charge is -2.16. The second kappa shape index (κ2) is 8.96. The molecule has 0 radical (unpaired) electrons. The molecule has 3 rings (SSSR count). The number of aryl methyl sites for hydroxylation is 2. The molecule has 0 saturated heterocycles. The monoisotopic (exact) mass is 397 g/mol. The normalized spacial score (nSPS) is 12.4. The minimum absolute atomic E-state index is 0.00514. The van der Waals surface area contributed by atoms with E-state index in [-0.39, 0.29) is 11.3 Å². The van der Waals surface area contributed by atoms with Crippen molar-refractivity contribution in [1.82, 2.24) is 10.9 Å². The summed E-state index contributed by atoms with van der Waals surface area (Å²) < 4.78 is 4.98. The summed E-state index contributed by atoms with van der Waals surface area (Å²) in [5, 5.41) is 10.7. The molecule has 9 nitrogen and oxygen atoms in total. The van der Waals surface area contributed by atoms with Crippen LogP contribution in [0.5, 0.6) is 0 Å². The van der Waals surface area contributed by atoms with Gasteiger partial charge < -0.3 is 4.74 Å². The first kappa shape index (κ1) is 20.0. The van der Waals surface area contributed by atoms with Crippen molar-refractivity contribution in [2.45, 2.75) is 25.7 Å². The molecule has 0 heterocycles. The number of carbonyl (C=O) groups is 3. The van der Waals surface area contributed by atoms with Crippen LogP contribution in [0.4, 0.5) is 5.69 Å². The van der Waals surface area contributed by atoms with E-state index >= 15 is 0 Å². The SMILES string of the molecule is O=C(COC(=O)c1ccc2c(c1)CCCC2)NNC(=O)c1cccc([N+](=O)[O-])c1. The third kappa shape index (κ3) is 5.16. The molecule has 0 aliphatic heterocycles. The Morgan fingerprint density at radius 3 is 2.48 bits per heavy atom. The van der Waals surface area contributed by atoms with Gasteiger partial charge in [-0.1, -0.05) is 12.1 Å². The minimum Gasteiger partial charge on any atom is -0.452 e. The molecule has 0 atom stereocenters. The second-order valence-electron chi connectivity index (χ2n) is 6.58. The minimum atomic E-state index is -0.741. The van der Waals surface area contributed by atoms with Gasteiger partial charge in [0.2, 0.25) is 0 Å². The molecule has 9 heteroatoms. The summed E-state index contributed by atoms with van der Waals surface area (Å²) in [6, 6.07) is 10.4. The molecule has 1 aliphatic rings. The number of fused-ring (bicyclic) bond motifs is 1. The maximum Gasteiger partial charge on any atom is 0.338 e. The highest BCUT2D eigenvalue weighted by Crippen LogP contribution is 2.22. The van der Waals surface area contributed by atoms with E-state index in [4.69, 9.17) is 4.74 Å². The predicted molar refractivity (Wildman–Crippen MR) is 102 cm³/mol. The molecule has 2 aromatic rings. The fraction of sp³-hybridized carbons (Fsp3) is 0.250. The topological polar surface area (TPSA) is 128 Å². The molecule has 2 aromatic carbocycles. The van der Waals surface area contributed by atoms with Gasteiger partial charge in [0.25, 0.3) is 17.5 Å². The van der Waals surface area contributed by atoms with Crippen molar-refractivity contribution in [1.29, 1.82) is 0 Å². The average Bonchev–Trinajstić information content (AvgIpc) is 2.75. The van der Waals surface area contributed by atoms with Crippen molar-refractivity contribution in [2.24, 2.45) is 0 Å². The second-order valence-corrected chi connectivity index (χ2v) is 6.58. The Hall–Kier alpha value is -3.75. The third-order valence-electron chi connectivity index (χ3n) is 4.55. The summed E-state index contributed by atoms with van der Waals surface area (Å²) in [6.07, 6.45) is 4.13. The first-order valence-electron chi connectivity index (χ1n) is 9.06. The van der Waals surface area contributed by atoms with Crippen LogP contribution in [-0.4, -0.2) is 29.3 Å². The van der Waals surface area contributed by atoms with Crippen molar-refractivity contribution in [3.8, 4) is 0 Å². The van der Waals surface area contributed by atoms with E-state index in [1.165, 1.54) is 23.8 Å². The molecule has 0 saturated carbocycles. The molecule has 1 aliphatic carbocycles. The number of nitrogens with one attached hydrogen (secondary N) is 2. The molecule has 2 N–H and O–H groups in total. The standard InChI is InChI=1S/C20H19N3O6/c24-18(21-22-19(25)15-6-3-7-17(11-15)23(27)28)12-29-20(26)16-9-8-13-4-1-2-5-14(13)10-16/h3,6-11H,1-2,4-5,12H2,(H,21,24)(H,22,25). The Labute approximate surface area is 166 Å². The number of nitrogens with zero attached hydrogens (tertiary/aromatic N) is 1. The lowest BCUT2D eigenvalue weighted by atomic mass is 9.90. The summed E-state index contributed by atoms with van der Waals surface area (Å²) in [5.74, 6) is -2.10. The summed E-state index contributed by atoms with van der Waals surface area (Å²) in [7, 11) is 0. The van der Waals surface area contributed by atoms with Gasteiger partial charge in [-0.25, -0.2) is 4.79 Å². The number of nitro groups is 1. The Bertz CT molecular complexity index is 972. The Balaban J connectivity index is 1.48. The van der Waals surface area contributed by atoms with Crippen molar-refractivity contribution in [2.75, 3.05) is 6.61 Å². The predicted octanol–water partition coefficient (Wildman–Crippen LogP) is 2.09. The zero-order valence-electron chi connectivity index (χ0n) is 15.5. The van der Waals surface area contributed by atoms with Crippen molar-refractivity contribution in [3.05, 3.63) is 74.8 Å². The van der Waals surface area contributed by atoms with Gasteiger partial charge in [-0.3, -0.25) is 30.6 Å². The van der Waals surface area contributed by atoms with Crippen molar-refractivity contribution < 1.29 is 24.0 Å². The van der Waals surface area contributed by atoms with Gasteiger partial charge in [0.05, 0.1) is 10.5 Å². The van der Waals surface area contributed by atoms with Crippen LogP contribution in [0.1, 0.15) is 44.7 Å². The van der Waals surface area contributed by atoms with E-state index in [2.05, 4.69) is 10.9 Å². The molecule has 2 amide bonds. The van der Waals surface area contributed by atoms with Crippen LogP contribution in [0.15, 0.2) is 42.5 Å². The number of non-ortho nitro benzene ring substituents is 1. The molecule has 0 aromatic heterocycles. The Morgan fingerprint density at radius 1 is 0.966 bits per heavy atom. The number of hydrazine groups is 1. The molecule has 150 valence electrons. The van der Waals surface area contributed by atoms with Crippen LogP contribution in [0, 0.1) is 10.1 Å². The van der Waals surface area contributed by atoms with E-state index in [1.807, 2.05) is 6.07 Å². The summed E-state index contributed by atoms with van der Waals surface area (Å²) >= 11 is 0. The average molecular weight is 397 g/mol. The van der Waals surface area contributed by atoms with Gasteiger partial charge in [0, 0.05) is 17.7 Å². The van der Waals surface area contributed by atoms with Crippen LogP contribution in [0.2, 0.25) is 0 Å². The Morgan fingerprint density at radius 2 is 1.72 bits per heavy atom. The number of rotatable bonds is 5. The van der Waals surface area contributed by atoms with E-state index in [0.717, 1.165) is 37.3 Å². The quantitative estimate of drug-likeness (QED) is 0.452. The molecular formula is C20H19N3O6. The lowest BCUT2D eigenvalue weighted by Crippen LogP contribution is -2.43. The van der Waals surface area contributed by atoms with Crippen LogP contribution < -0.4 is 10.9 Å². The number of hydrogen-bond donors (Lipinski definition) is 2. The zero-order valence-corrected chi connectivity index (χ0v) is 15.5. The maximum absolute atomic E-state index is 12.1. The number of carbonyl (C=O) groups excluding carboxylic acids is 3. The third-order valence-corrected chi connectivity index (χ3v) is 4.55.